The van der Waals surface area contributed by atoms with Crippen molar-refractivity contribution in [1.29, 1.82) is 0 Å². The molecule has 0 atom stereocenters. The van der Waals surface area contributed by atoms with E-state index >= 15 is 0 Å². The van der Waals surface area contributed by atoms with E-state index in [1.165, 1.54) is 12.1 Å². The van der Waals surface area contributed by atoms with Gasteiger partial charge in [0.25, 0.3) is 0 Å². The van der Waals surface area contributed by atoms with Crippen molar-refractivity contribution in [2.24, 2.45) is 0 Å². The van der Waals surface area contributed by atoms with Crippen LogP contribution in [0.5, 0.6) is 0 Å². The summed E-state index contributed by atoms with van der Waals surface area (Å²) < 4.78 is 12.4. The highest BCUT2D eigenvalue weighted by molar-refractivity contribution is 6.06. The van der Waals surface area contributed by atoms with Gasteiger partial charge in [0.1, 0.15) is 5.82 Å². The second-order valence-electron chi connectivity index (χ2n) is 2.52. The van der Waals surface area contributed by atoms with Crippen molar-refractivity contribution < 1.29 is 19.1 Å². The molecule has 0 saturated heterocycles. The zero-order valence-electron chi connectivity index (χ0n) is 7.07. The highest BCUT2D eigenvalue weighted by atomic mass is 19.1. The van der Waals surface area contributed by atoms with E-state index in [-0.39, 0.29) is 5.56 Å². The quantitative estimate of drug-likeness (QED) is 0.513. The molecule has 0 radical (unpaired) electrons. The van der Waals surface area contributed by atoms with Crippen molar-refractivity contribution in [3.05, 3.63) is 47.8 Å². The lowest BCUT2D eigenvalue weighted by molar-refractivity contribution is -0.297. The van der Waals surface area contributed by atoms with E-state index in [1.807, 2.05) is 0 Å². The molecule has 0 aromatic heterocycles. The number of benzene rings is 1. The lowest BCUT2D eigenvalue weighted by Gasteiger charge is -1.95. The monoisotopic (exact) mass is 193 g/mol. The average Bonchev–Trinajstić information content (AvgIpc) is 2.15. The third-order valence-electron chi connectivity index (χ3n) is 1.50. The number of hydrogen-bond donors (Lipinski definition) is 0. The predicted octanol–water partition coefficient (Wildman–Crippen LogP) is 0.314. The summed E-state index contributed by atoms with van der Waals surface area (Å²) in [6, 6.07) is 4.80. The van der Waals surface area contributed by atoms with Crippen LogP contribution < -0.4 is 5.11 Å². The van der Waals surface area contributed by atoms with Gasteiger partial charge in [0, 0.05) is 5.56 Å². The van der Waals surface area contributed by atoms with E-state index < -0.39 is 17.6 Å². The zero-order chi connectivity index (χ0) is 10.6. The van der Waals surface area contributed by atoms with Crippen LogP contribution in [0.25, 0.3) is 0 Å². The largest absolute Gasteiger partial charge is 0.545 e. The van der Waals surface area contributed by atoms with Crippen LogP contribution in [0.15, 0.2) is 36.4 Å². The fourth-order valence-corrected chi connectivity index (χ4v) is 0.854. The Morgan fingerprint density at radius 1 is 1.14 bits per heavy atom. The number of halogens is 1. The molecule has 0 aliphatic heterocycles. The van der Waals surface area contributed by atoms with Gasteiger partial charge in [-0.15, -0.1) is 0 Å². The third-order valence-corrected chi connectivity index (χ3v) is 1.50. The molecule has 0 aliphatic rings. The number of carbonyl (C=O) groups excluding carboxylic acids is 2. The number of carboxylic acid groups (broad SMARTS) is 1. The Kier molecular flexibility index (Phi) is 3.12. The van der Waals surface area contributed by atoms with E-state index in [0.29, 0.717) is 6.08 Å². The van der Waals surface area contributed by atoms with Gasteiger partial charge in [-0.2, -0.15) is 0 Å². The Labute approximate surface area is 79.5 Å². The first-order valence-corrected chi connectivity index (χ1v) is 3.78. The Balaban J connectivity index is 2.80. The summed E-state index contributed by atoms with van der Waals surface area (Å²) in [5.41, 5.74) is 0.226. The molecule has 0 amide bonds. The van der Waals surface area contributed by atoms with Gasteiger partial charge >= 0.3 is 0 Å². The van der Waals surface area contributed by atoms with Crippen LogP contribution in [-0.4, -0.2) is 11.8 Å². The summed E-state index contributed by atoms with van der Waals surface area (Å²) in [7, 11) is 0. The maximum Gasteiger partial charge on any atom is 0.185 e. The zero-order valence-corrected chi connectivity index (χ0v) is 7.07. The van der Waals surface area contributed by atoms with E-state index in [1.54, 1.807) is 0 Å². The fourth-order valence-electron chi connectivity index (χ4n) is 0.854. The topological polar surface area (TPSA) is 57.2 Å². The molecule has 1 aromatic rings. The van der Waals surface area contributed by atoms with Gasteiger partial charge in [-0.3, -0.25) is 4.79 Å². The number of rotatable bonds is 3. The second-order valence-corrected chi connectivity index (χ2v) is 2.52. The van der Waals surface area contributed by atoms with Crippen molar-refractivity contribution >= 4 is 11.8 Å². The van der Waals surface area contributed by atoms with Gasteiger partial charge in [0.15, 0.2) is 5.78 Å². The molecule has 3 nitrogen and oxygen atoms in total. The van der Waals surface area contributed by atoms with Crippen LogP contribution in [0.4, 0.5) is 4.39 Å². The average molecular weight is 193 g/mol. The maximum absolute atomic E-state index is 12.4. The molecule has 0 N–H and O–H groups in total. The minimum atomic E-state index is -1.44. The molecule has 1 rings (SSSR count). The highest BCUT2D eigenvalue weighted by Crippen LogP contribution is 2.03. The van der Waals surface area contributed by atoms with Crippen LogP contribution in [-0.2, 0) is 4.79 Å². The molecular weight excluding hydrogens is 187 g/mol. The van der Waals surface area contributed by atoms with E-state index in [2.05, 4.69) is 0 Å². The molecule has 0 saturated carbocycles. The number of carbonyl (C=O) groups is 2. The minimum absolute atomic E-state index is 0.226. The van der Waals surface area contributed by atoms with E-state index in [0.717, 1.165) is 18.2 Å². The van der Waals surface area contributed by atoms with Gasteiger partial charge in [-0.05, 0) is 36.4 Å². The van der Waals surface area contributed by atoms with Crippen LogP contribution in [0, 0.1) is 5.82 Å². The summed E-state index contributed by atoms with van der Waals surface area (Å²) in [4.78, 5) is 21.1. The summed E-state index contributed by atoms with van der Waals surface area (Å²) in [5.74, 6) is -2.40. The summed E-state index contributed by atoms with van der Waals surface area (Å²) >= 11 is 0. The summed E-state index contributed by atoms with van der Waals surface area (Å²) in [6.07, 6.45) is 1.49. The Morgan fingerprint density at radius 3 is 2.21 bits per heavy atom. The standard InChI is InChI=1S/C10H7FO3/c11-8-3-1-7(2-4-8)9(12)5-6-10(13)14/h1-6H,(H,13,14)/p-1. The predicted molar refractivity (Wildman–Crippen MR) is 44.9 cm³/mol. The molecule has 14 heavy (non-hydrogen) atoms. The van der Waals surface area contributed by atoms with Crippen molar-refractivity contribution in [2.75, 3.05) is 0 Å². The van der Waals surface area contributed by atoms with Crippen molar-refractivity contribution in [2.45, 2.75) is 0 Å². The highest BCUT2D eigenvalue weighted by Gasteiger charge is 2.00. The Bertz CT molecular complexity index is 379. The van der Waals surface area contributed by atoms with Gasteiger partial charge in [-0.25, -0.2) is 4.39 Å². The lowest BCUT2D eigenvalue weighted by Crippen LogP contribution is -2.19. The SMILES string of the molecule is O=C([O-])C=CC(=O)c1ccc(F)cc1. The molecule has 1 aromatic carbocycles. The van der Waals surface area contributed by atoms with Gasteiger partial charge in [0.2, 0.25) is 0 Å². The van der Waals surface area contributed by atoms with Crippen LogP contribution in [0.2, 0.25) is 0 Å². The molecular formula is C10H6FO3-. The molecule has 72 valence electrons. The van der Waals surface area contributed by atoms with Crippen LogP contribution in [0.1, 0.15) is 10.4 Å². The minimum Gasteiger partial charge on any atom is -0.545 e. The van der Waals surface area contributed by atoms with Gasteiger partial charge in [-0.1, -0.05) is 0 Å². The molecule has 0 spiro atoms. The van der Waals surface area contributed by atoms with Gasteiger partial charge < -0.3 is 9.90 Å². The van der Waals surface area contributed by atoms with Crippen molar-refractivity contribution in [3.63, 3.8) is 0 Å². The van der Waals surface area contributed by atoms with Crippen molar-refractivity contribution in [1.82, 2.24) is 0 Å². The maximum atomic E-state index is 12.4. The summed E-state index contributed by atoms with van der Waals surface area (Å²) in [6.45, 7) is 0. The summed E-state index contributed by atoms with van der Waals surface area (Å²) in [5, 5.41) is 9.98. The van der Waals surface area contributed by atoms with Crippen molar-refractivity contribution in [3.8, 4) is 0 Å². The fraction of sp³-hybridized carbons (Fsp3) is 0. The second kappa shape index (κ2) is 4.32. The molecule has 0 fully saturated rings. The molecule has 0 unspecified atom stereocenters. The van der Waals surface area contributed by atoms with Gasteiger partial charge in [0.05, 0.1) is 5.97 Å². The first kappa shape index (κ1) is 10.1. The number of ketones is 1. The van der Waals surface area contributed by atoms with Crippen LogP contribution >= 0.6 is 0 Å². The number of hydrogen-bond acceptors (Lipinski definition) is 3. The molecule has 4 heteroatoms. The van der Waals surface area contributed by atoms with E-state index in [4.69, 9.17) is 0 Å². The number of carboxylic acids is 1. The third kappa shape index (κ3) is 2.82. The molecule has 0 bridgehead atoms. The number of aliphatic carboxylic acids is 1. The Hall–Kier alpha value is -1.97. The lowest BCUT2D eigenvalue weighted by atomic mass is 10.1. The molecule has 0 aliphatic carbocycles. The van der Waals surface area contributed by atoms with Crippen LogP contribution in [0.3, 0.4) is 0 Å². The smallest absolute Gasteiger partial charge is 0.185 e. The first-order chi connectivity index (χ1) is 6.59. The normalized spacial score (nSPS) is 10.4. The number of allylic oxidation sites excluding steroid dienone is 1. The Morgan fingerprint density at radius 2 is 1.71 bits per heavy atom. The first-order valence-electron chi connectivity index (χ1n) is 3.78. The van der Waals surface area contributed by atoms with E-state index in [9.17, 15) is 19.1 Å². The molecule has 0 heterocycles.